The fourth-order valence-electron chi connectivity index (χ4n) is 2.89. The first kappa shape index (κ1) is 16.1. The second-order valence-electron chi connectivity index (χ2n) is 5.88. The average Bonchev–Trinajstić information content (AvgIpc) is 3.11. The van der Waals surface area contributed by atoms with E-state index >= 15 is 0 Å². The van der Waals surface area contributed by atoms with E-state index in [1.54, 1.807) is 28.9 Å². The molecule has 2 heterocycles. The first-order valence-electron chi connectivity index (χ1n) is 8.12. The summed E-state index contributed by atoms with van der Waals surface area (Å²) in [4.78, 5) is 4.40. The Bertz CT molecular complexity index is 1090. The molecule has 0 aliphatic heterocycles. The molecule has 0 bridgehead atoms. The quantitative estimate of drug-likeness (QED) is 0.592. The molecule has 0 aliphatic rings. The van der Waals surface area contributed by atoms with E-state index in [9.17, 15) is 10.2 Å². The number of aromatic hydroxyl groups is 1. The van der Waals surface area contributed by atoms with E-state index in [1.165, 1.54) is 7.11 Å². The number of hydrogen-bond acceptors (Lipinski definition) is 5. The van der Waals surface area contributed by atoms with E-state index in [-0.39, 0.29) is 12.4 Å². The number of phenols is 1. The van der Waals surface area contributed by atoms with Gasteiger partial charge in [0.25, 0.3) is 0 Å². The van der Waals surface area contributed by atoms with E-state index < -0.39 is 0 Å². The number of phenolic OH excluding ortho intramolecular Hbond substituents is 1. The van der Waals surface area contributed by atoms with Gasteiger partial charge < -0.3 is 14.9 Å². The molecule has 2 N–H and O–H groups in total. The number of aliphatic hydroxyl groups excluding tert-OH is 1. The highest BCUT2D eigenvalue weighted by Gasteiger charge is 2.11. The molecule has 0 fully saturated rings. The van der Waals surface area contributed by atoms with Gasteiger partial charge in [-0.3, -0.25) is 0 Å². The minimum absolute atomic E-state index is 0.0142. The number of nitrogens with zero attached hydrogens (tertiary/aromatic N) is 3. The molecule has 4 aromatic rings. The molecule has 6 heteroatoms. The van der Waals surface area contributed by atoms with Crippen LogP contribution in [0.5, 0.6) is 11.5 Å². The Morgan fingerprint density at radius 2 is 1.92 bits per heavy atom. The summed E-state index contributed by atoms with van der Waals surface area (Å²) in [6.45, 7) is -0.0142. The highest BCUT2D eigenvalue weighted by molar-refractivity contribution is 5.68. The van der Waals surface area contributed by atoms with Crippen LogP contribution in [0.3, 0.4) is 0 Å². The molecule has 0 aliphatic carbocycles. The highest BCUT2D eigenvalue weighted by Crippen LogP contribution is 2.31. The number of rotatable bonds is 4. The van der Waals surface area contributed by atoms with E-state index in [2.05, 4.69) is 4.98 Å². The van der Waals surface area contributed by atoms with Crippen LogP contribution < -0.4 is 4.74 Å². The summed E-state index contributed by atoms with van der Waals surface area (Å²) >= 11 is 0. The third kappa shape index (κ3) is 2.76. The van der Waals surface area contributed by atoms with Crippen LogP contribution in [0.4, 0.5) is 0 Å². The predicted octanol–water partition coefficient (Wildman–Crippen LogP) is 3.27. The van der Waals surface area contributed by atoms with Crippen molar-refractivity contribution >= 4 is 5.65 Å². The number of ether oxygens (including phenoxy) is 1. The van der Waals surface area contributed by atoms with Gasteiger partial charge in [-0.1, -0.05) is 18.2 Å². The van der Waals surface area contributed by atoms with Crippen molar-refractivity contribution in [2.45, 2.75) is 6.61 Å². The van der Waals surface area contributed by atoms with E-state index in [0.717, 1.165) is 28.1 Å². The lowest BCUT2D eigenvalue weighted by Gasteiger charge is -2.08. The Hall–Kier alpha value is -3.38. The van der Waals surface area contributed by atoms with E-state index in [1.807, 2.05) is 36.4 Å². The number of benzene rings is 2. The van der Waals surface area contributed by atoms with Crippen LogP contribution in [0, 0.1) is 0 Å². The van der Waals surface area contributed by atoms with E-state index in [0.29, 0.717) is 11.4 Å². The summed E-state index contributed by atoms with van der Waals surface area (Å²) < 4.78 is 6.95. The highest BCUT2D eigenvalue weighted by atomic mass is 16.5. The van der Waals surface area contributed by atoms with E-state index in [4.69, 9.17) is 9.84 Å². The molecule has 130 valence electrons. The third-order valence-electron chi connectivity index (χ3n) is 4.24. The second-order valence-corrected chi connectivity index (χ2v) is 5.88. The second kappa shape index (κ2) is 6.50. The summed E-state index contributed by atoms with van der Waals surface area (Å²) in [7, 11) is 1.51. The zero-order chi connectivity index (χ0) is 18.1. The Kier molecular flexibility index (Phi) is 4.02. The van der Waals surface area contributed by atoms with Gasteiger partial charge in [-0.2, -0.15) is 5.10 Å². The Labute approximate surface area is 150 Å². The fourth-order valence-corrected chi connectivity index (χ4v) is 2.89. The minimum atomic E-state index is -0.0142. The SMILES string of the molecule is COc1cc(-c2cnc3ccc(-c4cccc(CO)c4)nn23)ccc1O. The Balaban J connectivity index is 1.85. The van der Waals surface area contributed by atoms with Crippen molar-refractivity contribution in [2.24, 2.45) is 0 Å². The molecule has 2 aromatic carbocycles. The van der Waals surface area contributed by atoms with Gasteiger partial charge in [-0.05, 0) is 42.0 Å². The zero-order valence-electron chi connectivity index (χ0n) is 14.1. The van der Waals surface area contributed by atoms with Crippen LogP contribution in [0.2, 0.25) is 0 Å². The lowest BCUT2D eigenvalue weighted by molar-refractivity contribution is 0.282. The molecule has 2 aromatic heterocycles. The number of methoxy groups -OCH3 is 1. The first-order chi connectivity index (χ1) is 12.7. The van der Waals surface area contributed by atoms with Crippen molar-refractivity contribution < 1.29 is 14.9 Å². The summed E-state index contributed by atoms with van der Waals surface area (Å²) in [5.74, 6) is 0.476. The van der Waals surface area contributed by atoms with Crippen molar-refractivity contribution in [3.63, 3.8) is 0 Å². The summed E-state index contributed by atoms with van der Waals surface area (Å²) in [5.41, 5.74) is 4.87. The summed E-state index contributed by atoms with van der Waals surface area (Å²) in [6.07, 6.45) is 1.74. The fraction of sp³-hybridized carbons (Fsp3) is 0.100. The van der Waals surface area contributed by atoms with Crippen LogP contribution >= 0.6 is 0 Å². The van der Waals surface area contributed by atoms with Gasteiger partial charge in [-0.15, -0.1) is 0 Å². The smallest absolute Gasteiger partial charge is 0.161 e. The molecule has 0 amide bonds. The Morgan fingerprint density at radius 3 is 2.73 bits per heavy atom. The number of hydrogen-bond donors (Lipinski definition) is 2. The summed E-state index contributed by atoms with van der Waals surface area (Å²) in [5, 5.41) is 23.9. The van der Waals surface area contributed by atoms with Crippen molar-refractivity contribution in [1.82, 2.24) is 14.6 Å². The molecule has 0 radical (unpaired) electrons. The van der Waals surface area contributed by atoms with Crippen molar-refractivity contribution in [3.8, 4) is 34.0 Å². The van der Waals surface area contributed by atoms with Crippen molar-refractivity contribution in [3.05, 3.63) is 66.4 Å². The molecular weight excluding hydrogens is 330 g/mol. The van der Waals surface area contributed by atoms with Gasteiger partial charge in [0.2, 0.25) is 0 Å². The molecule has 0 spiro atoms. The molecule has 0 atom stereocenters. The number of fused-ring (bicyclic) bond motifs is 1. The van der Waals surface area contributed by atoms with Crippen LogP contribution in [0.25, 0.3) is 28.2 Å². The number of aromatic nitrogens is 3. The maximum Gasteiger partial charge on any atom is 0.161 e. The third-order valence-corrected chi connectivity index (χ3v) is 4.24. The molecule has 0 saturated carbocycles. The number of imidazole rings is 1. The standard InChI is InChI=1S/C20H17N3O3/c1-26-19-10-15(5-7-18(19)25)17-11-21-20-8-6-16(22-23(17)20)14-4-2-3-13(9-14)12-24/h2-11,24-25H,12H2,1H3. The maximum atomic E-state index is 9.80. The first-order valence-corrected chi connectivity index (χ1v) is 8.12. The minimum Gasteiger partial charge on any atom is -0.504 e. The normalized spacial score (nSPS) is 11.0. The van der Waals surface area contributed by atoms with Crippen LogP contribution in [-0.2, 0) is 6.61 Å². The van der Waals surface area contributed by atoms with Gasteiger partial charge >= 0.3 is 0 Å². The monoisotopic (exact) mass is 347 g/mol. The predicted molar refractivity (Wildman–Crippen MR) is 98.0 cm³/mol. The van der Waals surface area contributed by atoms with Crippen molar-refractivity contribution in [1.29, 1.82) is 0 Å². The van der Waals surface area contributed by atoms with Gasteiger partial charge in [0, 0.05) is 11.1 Å². The largest absolute Gasteiger partial charge is 0.504 e. The van der Waals surface area contributed by atoms with Crippen molar-refractivity contribution in [2.75, 3.05) is 7.11 Å². The molecular formula is C20H17N3O3. The molecule has 4 rings (SSSR count). The summed E-state index contributed by atoms with van der Waals surface area (Å²) in [6, 6.07) is 16.6. The average molecular weight is 347 g/mol. The van der Waals surface area contributed by atoms with Gasteiger partial charge in [0.1, 0.15) is 0 Å². The van der Waals surface area contributed by atoms with Crippen LogP contribution in [-0.4, -0.2) is 31.9 Å². The topological polar surface area (TPSA) is 79.9 Å². The lowest BCUT2D eigenvalue weighted by atomic mass is 10.1. The maximum absolute atomic E-state index is 9.80. The van der Waals surface area contributed by atoms with Gasteiger partial charge in [0.15, 0.2) is 17.1 Å². The lowest BCUT2D eigenvalue weighted by Crippen LogP contribution is -1.97. The number of aliphatic hydroxyl groups is 1. The van der Waals surface area contributed by atoms with Crippen LogP contribution in [0.1, 0.15) is 5.56 Å². The molecule has 0 saturated heterocycles. The Morgan fingerprint density at radius 1 is 1.04 bits per heavy atom. The van der Waals surface area contributed by atoms with Gasteiger partial charge in [-0.25, -0.2) is 9.50 Å². The van der Waals surface area contributed by atoms with Crippen LogP contribution in [0.15, 0.2) is 60.8 Å². The molecule has 26 heavy (non-hydrogen) atoms. The molecule has 6 nitrogen and oxygen atoms in total. The van der Waals surface area contributed by atoms with Gasteiger partial charge in [0.05, 0.1) is 31.3 Å². The molecule has 0 unspecified atom stereocenters. The zero-order valence-corrected chi connectivity index (χ0v) is 14.1.